The highest BCUT2D eigenvalue weighted by atomic mass is 79.9. The lowest BCUT2D eigenvalue weighted by Gasteiger charge is -2.12. The molecule has 0 saturated heterocycles. The molecule has 2 aromatic carbocycles. The van der Waals surface area contributed by atoms with Crippen LogP contribution in [0.4, 0.5) is 0 Å². The van der Waals surface area contributed by atoms with Crippen LogP contribution < -0.4 is 10.5 Å². The minimum atomic E-state index is 0.249. The topological polar surface area (TPSA) is 55.5 Å². The Morgan fingerprint density at radius 3 is 2.11 bits per heavy atom. The normalized spacial score (nSPS) is 10.5. The Kier molecular flexibility index (Phi) is 4.85. The van der Waals surface area contributed by atoms with Crippen molar-refractivity contribution in [1.29, 1.82) is 0 Å². The quantitative estimate of drug-likeness (QED) is 0.836. The van der Waals surface area contributed by atoms with Gasteiger partial charge in [0.2, 0.25) is 0 Å². The Labute approximate surface area is 128 Å². The molecule has 0 heterocycles. The molecule has 0 amide bonds. The molecule has 0 fully saturated rings. The maximum atomic E-state index is 9.22. The van der Waals surface area contributed by atoms with E-state index >= 15 is 0 Å². The molecule has 3 N–H and O–H groups in total. The smallest absolute Gasteiger partial charge is 0.148 e. The summed E-state index contributed by atoms with van der Waals surface area (Å²) in [6.07, 6.45) is 0. The van der Waals surface area contributed by atoms with Gasteiger partial charge in [0.25, 0.3) is 0 Å². The van der Waals surface area contributed by atoms with Crippen LogP contribution in [-0.2, 0) is 13.2 Å². The van der Waals surface area contributed by atoms with Gasteiger partial charge in [0, 0.05) is 6.54 Å². The number of hydrogen-bond donors (Lipinski definition) is 2. The molecule has 0 spiro atoms. The fourth-order valence-electron chi connectivity index (χ4n) is 1.62. The molecule has 0 radical (unpaired) electrons. The van der Waals surface area contributed by atoms with Crippen molar-refractivity contribution in [3.63, 3.8) is 0 Å². The number of aromatic hydroxyl groups is 1. The SMILES string of the molecule is NCc1cc(Br)c(OCc2ccc(O)cc2)c(Br)c1. The number of phenolic OH excluding ortho intramolecular Hbond substituents is 1. The Balaban J connectivity index is 2.13. The molecule has 0 aliphatic rings. The van der Waals surface area contributed by atoms with E-state index < -0.39 is 0 Å². The molecule has 0 unspecified atom stereocenters. The summed E-state index contributed by atoms with van der Waals surface area (Å²) in [6, 6.07) is 10.8. The van der Waals surface area contributed by atoms with Gasteiger partial charge in [-0.05, 0) is 67.3 Å². The molecule has 0 aliphatic heterocycles. The second kappa shape index (κ2) is 6.41. The third-order valence-electron chi connectivity index (χ3n) is 2.61. The fraction of sp³-hybridized carbons (Fsp3) is 0.143. The highest BCUT2D eigenvalue weighted by molar-refractivity contribution is 9.11. The highest BCUT2D eigenvalue weighted by Gasteiger charge is 2.08. The summed E-state index contributed by atoms with van der Waals surface area (Å²) in [5, 5.41) is 9.22. The lowest BCUT2D eigenvalue weighted by molar-refractivity contribution is 0.302. The predicted molar refractivity (Wildman–Crippen MR) is 82.2 cm³/mol. The van der Waals surface area contributed by atoms with Gasteiger partial charge in [-0.2, -0.15) is 0 Å². The average molecular weight is 387 g/mol. The third-order valence-corrected chi connectivity index (χ3v) is 3.79. The molecule has 0 aromatic heterocycles. The van der Waals surface area contributed by atoms with Crippen LogP contribution in [0, 0.1) is 0 Å². The third kappa shape index (κ3) is 3.72. The van der Waals surface area contributed by atoms with Crippen LogP contribution in [0.2, 0.25) is 0 Å². The summed E-state index contributed by atoms with van der Waals surface area (Å²) < 4.78 is 7.50. The minimum absolute atomic E-state index is 0.249. The Morgan fingerprint density at radius 2 is 1.58 bits per heavy atom. The zero-order valence-corrected chi connectivity index (χ0v) is 13.2. The van der Waals surface area contributed by atoms with E-state index in [0.29, 0.717) is 13.2 Å². The zero-order chi connectivity index (χ0) is 13.8. The van der Waals surface area contributed by atoms with Crippen LogP contribution in [0.1, 0.15) is 11.1 Å². The summed E-state index contributed by atoms with van der Waals surface area (Å²) in [5.74, 6) is 0.990. The molecule has 19 heavy (non-hydrogen) atoms. The van der Waals surface area contributed by atoms with Crippen molar-refractivity contribution >= 4 is 31.9 Å². The predicted octanol–water partition coefficient (Wildman–Crippen LogP) is 3.95. The highest BCUT2D eigenvalue weighted by Crippen LogP contribution is 2.35. The van der Waals surface area contributed by atoms with Crippen LogP contribution in [0.15, 0.2) is 45.3 Å². The van der Waals surface area contributed by atoms with Crippen molar-refractivity contribution in [3.05, 3.63) is 56.5 Å². The first-order valence-corrected chi connectivity index (χ1v) is 7.27. The van der Waals surface area contributed by atoms with Gasteiger partial charge in [-0.1, -0.05) is 12.1 Å². The summed E-state index contributed by atoms with van der Waals surface area (Å²) in [5.41, 5.74) is 7.62. The molecule has 2 aromatic rings. The van der Waals surface area contributed by atoms with Crippen LogP contribution >= 0.6 is 31.9 Å². The number of ether oxygens (including phenoxy) is 1. The molecule has 0 saturated carbocycles. The van der Waals surface area contributed by atoms with E-state index in [9.17, 15) is 5.11 Å². The van der Waals surface area contributed by atoms with Crippen LogP contribution in [0.3, 0.4) is 0 Å². The van der Waals surface area contributed by atoms with Gasteiger partial charge in [0.15, 0.2) is 0 Å². The van der Waals surface area contributed by atoms with Crippen LogP contribution in [0.25, 0.3) is 0 Å². The number of hydrogen-bond acceptors (Lipinski definition) is 3. The molecule has 0 aliphatic carbocycles. The number of phenols is 1. The summed E-state index contributed by atoms with van der Waals surface area (Å²) >= 11 is 6.95. The Bertz CT molecular complexity index is 547. The monoisotopic (exact) mass is 385 g/mol. The second-order valence-electron chi connectivity index (χ2n) is 4.05. The van der Waals surface area contributed by atoms with Gasteiger partial charge in [0.1, 0.15) is 18.1 Å². The van der Waals surface area contributed by atoms with Crippen molar-refractivity contribution in [2.45, 2.75) is 13.2 Å². The molecule has 0 bridgehead atoms. The van der Waals surface area contributed by atoms with Crippen molar-refractivity contribution in [1.82, 2.24) is 0 Å². The number of benzene rings is 2. The van der Waals surface area contributed by atoms with Gasteiger partial charge in [0.05, 0.1) is 8.95 Å². The summed E-state index contributed by atoms with van der Waals surface area (Å²) in [6.45, 7) is 0.912. The minimum Gasteiger partial charge on any atom is -0.508 e. The summed E-state index contributed by atoms with van der Waals surface area (Å²) in [7, 11) is 0. The van der Waals surface area contributed by atoms with E-state index in [-0.39, 0.29) is 5.75 Å². The lowest BCUT2D eigenvalue weighted by atomic mass is 10.2. The zero-order valence-electron chi connectivity index (χ0n) is 10.1. The maximum absolute atomic E-state index is 9.22. The molecular formula is C14H13Br2NO2. The molecular weight excluding hydrogens is 374 g/mol. The fourth-order valence-corrected chi connectivity index (χ4v) is 3.13. The first kappa shape index (κ1) is 14.4. The van der Waals surface area contributed by atoms with Crippen molar-refractivity contribution in [3.8, 4) is 11.5 Å². The summed E-state index contributed by atoms with van der Waals surface area (Å²) in [4.78, 5) is 0. The van der Waals surface area contributed by atoms with Crippen molar-refractivity contribution in [2.75, 3.05) is 0 Å². The van der Waals surface area contributed by atoms with Gasteiger partial charge in [-0.25, -0.2) is 0 Å². The lowest BCUT2D eigenvalue weighted by Crippen LogP contribution is -2.00. The van der Waals surface area contributed by atoms with E-state index in [1.54, 1.807) is 12.1 Å². The van der Waals surface area contributed by atoms with E-state index in [1.165, 1.54) is 0 Å². The van der Waals surface area contributed by atoms with Gasteiger partial charge < -0.3 is 15.6 Å². The van der Waals surface area contributed by atoms with E-state index in [1.807, 2.05) is 24.3 Å². The van der Waals surface area contributed by atoms with Gasteiger partial charge in [-0.3, -0.25) is 0 Å². The standard InChI is InChI=1S/C14H13Br2NO2/c15-12-5-10(7-17)6-13(16)14(12)19-8-9-1-3-11(18)4-2-9/h1-6,18H,7-8,17H2. The Hall–Kier alpha value is -1.04. The number of halogens is 2. The first-order valence-electron chi connectivity index (χ1n) is 5.69. The first-order chi connectivity index (χ1) is 9.10. The molecule has 100 valence electrons. The number of rotatable bonds is 4. The van der Waals surface area contributed by atoms with Gasteiger partial charge >= 0.3 is 0 Å². The molecule has 3 nitrogen and oxygen atoms in total. The largest absolute Gasteiger partial charge is 0.508 e. The van der Waals surface area contributed by atoms with Crippen molar-refractivity contribution in [2.24, 2.45) is 5.73 Å². The average Bonchev–Trinajstić information content (AvgIpc) is 2.39. The van der Waals surface area contributed by atoms with Crippen LogP contribution in [-0.4, -0.2) is 5.11 Å². The van der Waals surface area contributed by atoms with Crippen molar-refractivity contribution < 1.29 is 9.84 Å². The maximum Gasteiger partial charge on any atom is 0.148 e. The van der Waals surface area contributed by atoms with E-state index in [4.69, 9.17) is 10.5 Å². The Morgan fingerprint density at radius 1 is 1.00 bits per heavy atom. The van der Waals surface area contributed by atoms with E-state index in [2.05, 4.69) is 31.9 Å². The molecule has 5 heteroatoms. The molecule has 0 atom stereocenters. The number of nitrogens with two attached hydrogens (primary N) is 1. The van der Waals surface area contributed by atoms with Crippen LogP contribution in [0.5, 0.6) is 11.5 Å². The van der Waals surface area contributed by atoms with E-state index in [0.717, 1.165) is 25.8 Å². The molecule has 2 rings (SSSR count). The van der Waals surface area contributed by atoms with Gasteiger partial charge in [-0.15, -0.1) is 0 Å². The second-order valence-corrected chi connectivity index (χ2v) is 5.76.